The van der Waals surface area contributed by atoms with E-state index in [1.54, 1.807) is 6.92 Å². The van der Waals surface area contributed by atoms with Crippen molar-refractivity contribution in [2.45, 2.75) is 32.7 Å². The van der Waals surface area contributed by atoms with Crippen molar-refractivity contribution >= 4 is 5.97 Å². The van der Waals surface area contributed by atoms with E-state index >= 15 is 0 Å². The summed E-state index contributed by atoms with van der Waals surface area (Å²) in [5.41, 5.74) is 10.8. The fourth-order valence-electron chi connectivity index (χ4n) is 2.51. The van der Waals surface area contributed by atoms with Crippen LogP contribution in [0.3, 0.4) is 0 Å². The molecule has 116 valence electrons. The Kier molecular flexibility index (Phi) is 5.73. The molecule has 0 heterocycles. The number of ether oxygens (including phenoxy) is 1. The minimum atomic E-state index is -0.323. The molecule has 0 unspecified atom stereocenters. The van der Waals surface area contributed by atoms with Gasteiger partial charge in [-0.1, -0.05) is 54.1 Å². The standard InChI is InChI=1S/C19H23NO2/c1-3-22-19(21)13-18(20)17-9-5-8-16(12-17)11-15-7-4-6-14(2)10-15/h4-10,12,18H,3,11,13,20H2,1-2H3/t18-/m0/s1. The number of nitrogens with two attached hydrogens (primary N) is 1. The molecule has 22 heavy (non-hydrogen) atoms. The molecule has 2 N–H and O–H groups in total. The summed E-state index contributed by atoms with van der Waals surface area (Å²) in [7, 11) is 0. The molecule has 2 aromatic rings. The van der Waals surface area contributed by atoms with E-state index in [4.69, 9.17) is 10.5 Å². The van der Waals surface area contributed by atoms with Gasteiger partial charge in [0.25, 0.3) is 0 Å². The van der Waals surface area contributed by atoms with E-state index in [0.717, 1.165) is 12.0 Å². The van der Waals surface area contributed by atoms with Gasteiger partial charge >= 0.3 is 5.97 Å². The summed E-state index contributed by atoms with van der Waals surface area (Å²) in [6.07, 6.45) is 1.07. The molecule has 0 bridgehead atoms. The van der Waals surface area contributed by atoms with E-state index in [2.05, 4.69) is 43.3 Å². The van der Waals surface area contributed by atoms with E-state index in [1.807, 2.05) is 12.1 Å². The first-order valence-corrected chi connectivity index (χ1v) is 7.64. The van der Waals surface area contributed by atoms with E-state index in [9.17, 15) is 4.79 Å². The molecule has 0 fully saturated rings. The Bertz CT molecular complexity index is 637. The maximum atomic E-state index is 11.5. The van der Waals surface area contributed by atoms with Crippen molar-refractivity contribution in [1.82, 2.24) is 0 Å². The van der Waals surface area contributed by atoms with Crippen LogP contribution in [0.2, 0.25) is 0 Å². The molecular weight excluding hydrogens is 274 g/mol. The first-order valence-electron chi connectivity index (χ1n) is 7.64. The molecule has 0 amide bonds. The van der Waals surface area contributed by atoms with Crippen LogP contribution in [0.25, 0.3) is 0 Å². The van der Waals surface area contributed by atoms with Crippen LogP contribution < -0.4 is 5.73 Å². The van der Waals surface area contributed by atoms with Crippen LogP contribution in [0, 0.1) is 6.92 Å². The fourth-order valence-corrected chi connectivity index (χ4v) is 2.51. The van der Waals surface area contributed by atoms with Gasteiger partial charge in [0.1, 0.15) is 0 Å². The van der Waals surface area contributed by atoms with Crippen LogP contribution in [0.15, 0.2) is 48.5 Å². The average Bonchev–Trinajstić information content (AvgIpc) is 2.47. The lowest BCUT2D eigenvalue weighted by Crippen LogP contribution is -2.17. The number of carbonyl (C=O) groups excluding carboxylic acids is 1. The van der Waals surface area contributed by atoms with Crippen molar-refractivity contribution < 1.29 is 9.53 Å². The number of esters is 1. The Hall–Kier alpha value is -2.13. The Balaban J connectivity index is 2.07. The topological polar surface area (TPSA) is 52.3 Å². The highest BCUT2D eigenvalue weighted by Gasteiger charge is 2.12. The first kappa shape index (κ1) is 16.2. The third-order valence-corrected chi connectivity index (χ3v) is 3.56. The van der Waals surface area contributed by atoms with Gasteiger partial charge in [-0.3, -0.25) is 4.79 Å². The number of carbonyl (C=O) groups is 1. The Morgan fingerprint density at radius 2 is 1.82 bits per heavy atom. The molecule has 0 saturated heterocycles. The summed E-state index contributed by atoms with van der Waals surface area (Å²) < 4.78 is 4.95. The van der Waals surface area contributed by atoms with Crippen molar-refractivity contribution in [3.63, 3.8) is 0 Å². The van der Waals surface area contributed by atoms with Crippen molar-refractivity contribution in [1.29, 1.82) is 0 Å². The second-order valence-electron chi connectivity index (χ2n) is 5.53. The average molecular weight is 297 g/mol. The highest BCUT2D eigenvalue weighted by atomic mass is 16.5. The van der Waals surface area contributed by atoms with Gasteiger partial charge in [0.15, 0.2) is 0 Å². The Labute approximate surface area is 132 Å². The summed E-state index contributed by atoms with van der Waals surface area (Å²) in [6.45, 7) is 4.28. The SMILES string of the molecule is CCOC(=O)C[C@H](N)c1cccc(Cc2cccc(C)c2)c1. The zero-order valence-corrected chi connectivity index (χ0v) is 13.2. The van der Waals surface area contributed by atoms with E-state index < -0.39 is 0 Å². The minimum Gasteiger partial charge on any atom is -0.466 e. The number of rotatable bonds is 6. The molecule has 0 radical (unpaired) electrons. The highest BCUT2D eigenvalue weighted by molar-refractivity contribution is 5.70. The Morgan fingerprint density at radius 1 is 1.14 bits per heavy atom. The van der Waals surface area contributed by atoms with Crippen LogP contribution in [0.5, 0.6) is 0 Å². The molecule has 2 aromatic carbocycles. The predicted octanol–water partition coefficient (Wildman–Crippen LogP) is 3.54. The molecule has 3 heteroatoms. The number of hydrogen-bond donors (Lipinski definition) is 1. The normalized spacial score (nSPS) is 12.0. The molecule has 1 atom stereocenters. The number of benzene rings is 2. The molecule has 0 saturated carbocycles. The summed E-state index contributed by atoms with van der Waals surface area (Å²) >= 11 is 0. The van der Waals surface area contributed by atoms with Gasteiger partial charge in [-0.05, 0) is 37.0 Å². The van der Waals surface area contributed by atoms with Gasteiger partial charge in [-0.15, -0.1) is 0 Å². The first-order chi connectivity index (χ1) is 10.6. The van der Waals surface area contributed by atoms with Crippen LogP contribution in [0.1, 0.15) is 41.6 Å². The lowest BCUT2D eigenvalue weighted by Gasteiger charge is -2.13. The van der Waals surface area contributed by atoms with E-state index in [0.29, 0.717) is 6.61 Å². The summed E-state index contributed by atoms with van der Waals surface area (Å²) in [5.74, 6) is -0.251. The summed E-state index contributed by atoms with van der Waals surface area (Å²) in [5, 5.41) is 0. The summed E-state index contributed by atoms with van der Waals surface area (Å²) in [6, 6.07) is 16.3. The molecule has 0 spiro atoms. The van der Waals surface area contributed by atoms with Gasteiger partial charge in [0, 0.05) is 6.04 Å². The van der Waals surface area contributed by atoms with Crippen molar-refractivity contribution in [2.75, 3.05) is 6.61 Å². The third-order valence-electron chi connectivity index (χ3n) is 3.56. The predicted molar refractivity (Wildman–Crippen MR) is 88.6 cm³/mol. The van der Waals surface area contributed by atoms with E-state index in [1.165, 1.54) is 16.7 Å². The quantitative estimate of drug-likeness (QED) is 0.830. The molecule has 2 rings (SSSR count). The Morgan fingerprint density at radius 3 is 2.50 bits per heavy atom. The molecule has 0 aromatic heterocycles. The maximum absolute atomic E-state index is 11.5. The molecule has 3 nitrogen and oxygen atoms in total. The van der Waals surface area contributed by atoms with Gasteiger partial charge in [0.05, 0.1) is 13.0 Å². The summed E-state index contributed by atoms with van der Waals surface area (Å²) in [4.78, 5) is 11.5. The van der Waals surface area contributed by atoms with Crippen LogP contribution in [-0.4, -0.2) is 12.6 Å². The van der Waals surface area contributed by atoms with Gasteiger partial charge in [-0.25, -0.2) is 0 Å². The van der Waals surface area contributed by atoms with E-state index in [-0.39, 0.29) is 18.4 Å². The molecule has 0 aliphatic carbocycles. The molecular formula is C19H23NO2. The van der Waals surface area contributed by atoms with Crippen LogP contribution in [-0.2, 0) is 16.0 Å². The highest BCUT2D eigenvalue weighted by Crippen LogP contribution is 2.18. The van der Waals surface area contributed by atoms with Crippen LogP contribution in [0.4, 0.5) is 0 Å². The third kappa shape index (κ3) is 4.71. The van der Waals surface area contributed by atoms with Gasteiger partial charge < -0.3 is 10.5 Å². The largest absolute Gasteiger partial charge is 0.466 e. The second kappa shape index (κ2) is 7.76. The molecule has 0 aliphatic heterocycles. The monoisotopic (exact) mass is 297 g/mol. The zero-order valence-electron chi connectivity index (χ0n) is 13.2. The van der Waals surface area contributed by atoms with Gasteiger partial charge in [0.2, 0.25) is 0 Å². The van der Waals surface area contributed by atoms with Crippen molar-refractivity contribution in [2.24, 2.45) is 5.73 Å². The molecule has 0 aliphatic rings. The lowest BCUT2D eigenvalue weighted by molar-refractivity contribution is -0.143. The van der Waals surface area contributed by atoms with Crippen molar-refractivity contribution in [3.8, 4) is 0 Å². The fraction of sp³-hybridized carbons (Fsp3) is 0.316. The zero-order chi connectivity index (χ0) is 15.9. The van der Waals surface area contributed by atoms with Gasteiger partial charge in [-0.2, -0.15) is 0 Å². The maximum Gasteiger partial charge on any atom is 0.307 e. The van der Waals surface area contributed by atoms with Crippen molar-refractivity contribution in [3.05, 3.63) is 70.8 Å². The van der Waals surface area contributed by atoms with Crippen LogP contribution >= 0.6 is 0 Å². The lowest BCUT2D eigenvalue weighted by atomic mass is 9.98. The second-order valence-corrected chi connectivity index (χ2v) is 5.53. The smallest absolute Gasteiger partial charge is 0.307 e. The number of hydrogen-bond acceptors (Lipinski definition) is 3. The number of aryl methyl sites for hydroxylation is 1. The minimum absolute atomic E-state index is 0.210.